The van der Waals surface area contributed by atoms with E-state index >= 15 is 0 Å². The number of rotatable bonds is 2. The zero-order chi connectivity index (χ0) is 14.2. The first-order valence-corrected chi connectivity index (χ1v) is 5.55. The van der Waals surface area contributed by atoms with Crippen LogP contribution in [0.25, 0.3) is 0 Å². The molecule has 0 aromatic heterocycles. The Hall–Kier alpha value is -2.11. The van der Waals surface area contributed by atoms with Gasteiger partial charge in [-0.15, -0.1) is 0 Å². The van der Waals surface area contributed by atoms with E-state index in [0.717, 1.165) is 23.1 Å². The van der Waals surface area contributed by atoms with Gasteiger partial charge in [-0.1, -0.05) is 12.2 Å². The molecule has 0 N–H and O–H groups in total. The second kappa shape index (κ2) is 4.53. The summed E-state index contributed by atoms with van der Waals surface area (Å²) in [6.07, 6.45) is -1.19. The van der Waals surface area contributed by atoms with Gasteiger partial charge in [0.1, 0.15) is 0 Å². The molecule has 0 radical (unpaired) electrons. The first-order chi connectivity index (χ1) is 8.86. The molecule has 2 rings (SSSR count). The lowest BCUT2D eigenvalue weighted by Crippen LogP contribution is -2.29. The van der Waals surface area contributed by atoms with E-state index in [9.17, 15) is 22.8 Å². The zero-order valence-electron chi connectivity index (χ0n) is 9.99. The minimum Gasteiger partial charge on any atom is -0.301 e. The Balaban J connectivity index is 2.47. The molecule has 0 saturated carbocycles. The molecule has 3 nitrogen and oxygen atoms in total. The highest BCUT2D eigenvalue weighted by Gasteiger charge is 2.38. The highest BCUT2D eigenvalue weighted by atomic mass is 19.4. The van der Waals surface area contributed by atoms with Gasteiger partial charge >= 0.3 is 6.18 Å². The SMILES string of the molecule is CC=CCN1C(=O)C(=O)c2cc(C(F)(F)F)ccc21. The number of hydrogen-bond donors (Lipinski definition) is 0. The fourth-order valence-electron chi connectivity index (χ4n) is 1.87. The summed E-state index contributed by atoms with van der Waals surface area (Å²) in [4.78, 5) is 24.5. The maximum Gasteiger partial charge on any atom is 0.416 e. The third-order valence-electron chi connectivity index (χ3n) is 2.82. The Morgan fingerprint density at radius 1 is 1.26 bits per heavy atom. The summed E-state index contributed by atoms with van der Waals surface area (Å²) < 4.78 is 37.7. The smallest absolute Gasteiger partial charge is 0.301 e. The van der Waals surface area contributed by atoms with Crippen LogP contribution in [0.15, 0.2) is 30.4 Å². The first kappa shape index (κ1) is 13.3. The van der Waals surface area contributed by atoms with E-state index in [4.69, 9.17) is 0 Å². The third-order valence-corrected chi connectivity index (χ3v) is 2.82. The summed E-state index contributed by atoms with van der Waals surface area (Å²) in [5.41, 5.74) is -0.897. The molecule has 1 aliphatic heterocycles. The molecule has 1 aliphatic rings. The maximum absolute atomic E-state index is 12.6. The molecule has 100 valence electrons. The predicted octanol–water partition coefficient (Wildman–Crippen LogP) is 2.81. The van der Waals surface area contributed by atoms with Crippen LogP contribution in [0.1, 0.15) is 22.8 Å². The molecule has 0 fully saturated rings. The van der Waals surface area contributed by atoms with Crippen molar-refractivity contribution in [3.05, 3.63) is 41.5 Å². The fourth-order valence-corrected chi connectivity index (χ4v) is 1.87. The summed E-state index contributed by atoms with van der Waals surface area (Å²) in [7, 11) is 0. The van der Waals surface area contributed by atoms with Crippen LogP contribution in [-0.4, -0.2) is 18.2 Å². The van der Waals surface area contributed by atoms with Gasteiger partial charge < -0.3 is 4.90 Å². The highest BCUT2D eigenvalue weighted by Crippen LogP contribution is 2.35. The van der Waals surface area contributed by atoms with Crippen molar-refractivity contribution in [3.8, 4) is 0 Å². The van der Waals surface area contributed by atoms with Crippen molar-refractivity contribution in [3.63, 3.8) is 0 Å². The van der Waals surface area contributed by atoms with Crippen LogP contribution in [0, 0.1) is 0 Å². The fraction of sp³-hybridized carbons (Fsp3) is 0.231. The van der Waals surface area contributed by atoms with E-state index in [1.165, 1.54) is 0 Å². The van der Waals surface area contributed by atoms with Gasteiger partial charge in [-0.25, -0.2) is 0 Å². The number of allylic oxidation sites excluding steroid dienone is 1. The number of anilines is 1. The maximum atomic E-state index is 12.6. The molecular formula is C13H10F3NO2. The van der Waals surface area contributed by atoms with E-state index in [1.54, 1.807) is 19.1 Å². The molecule has 0 bridgehead atoms. The van der Waals surface area contributed by atoms with Gasteiger partial charge in [-0.05, 0) is 25.1 Å². The number of hydrogen-bond acceptors (Lipinski definition) is 2. The van der Waals surface area contributed by atoms with Crippen molar-refractivity contribution in [1.82, 2.24) is 0 Å². The summed E-state index contributed by atoms with van der Waals surface area (Å²) >= 11 is 0. The number of nitrogens with zero attached hydrogens (tertiary/aromatic N) is 1. The average molecular weight is 269 g/mol. The third kappa shape index (κ3) is 2.25. The van der Waals surface area contributed by atoms with Crippen molar-refractivity contribution in [2.45, 2.75) is 13.1 Å². The number of amides is 1. The van der Waals surface area contributed by atoms with Gasteiger partial charge in [0.2, 0.25) is 0 Å². The minimum atomic E-state index is -4.53. The average Bonchev–Trinajstić information content (AvgIpc) is 2.59. The predicted molar refractivity (Wildman–Crippen MR) is 62.9 cm³/mol. The minimum absolute atomic E-state index is 0.166. The lowest BCUT2D eigenvalue weighted by molar-refractivity contribution is -0.137. The highest BCUT2D eigenvalue weighted by molar-refractivity contribution is 6.52. The van der Waals surface area contributed by atoms with Crippen molar-refractivity contribution in [2.75, 3.05) is 11.4 Å². The molecule has 0 aliphatic carbocycles. The molecular weight excluding hydrogens is 259 g/mol. The monoisotopic (exact) mass is 269 g/mol. The van der Waals surface area contributed by atoms with Gasteiger partial charge in [-0.2, -0.15) is 13.2 Å². The van der Waals surface area contributed by atoms with Gasteiger partial charge in [0, 0.05) is 6.54 Å². The lowest BCUT2D eigenvalue weighted by atomic mass is 10.1. The topological polar surface area (TPSA) is 37.4 Å². The van der Waals surface area contributed by atoms with Gasteiger partial charge in [0.15, 0.2) is 0 Å². The molecule has 19 heavy (non-hydrogen) atoms. The Morgan fingerprint density at radius 2 is 1.95 bits per heavy atom. The number of benzene rings is 1. The Bertz CT molecular complexity index is 576. The van der Waals surface area contributed by atoms with Gasteiger partial charge in [-0.3, -0.25) is 9.59 Å². The van der Waals surface area contributed by atoms with Crippen molar-refractivity contribution >= 4 is 17.4 Å². The molecule has 0 spiro atoms. The number of carbonyl (C=O) groups is 2. The van der Waals surface area contributed by atoms with Gasteiger partial charge in [0.05, 0.1) is 16.8 Å². The van der Waals surface area contributed by atoms with E-state index in [2.05, 4.69) is 0 Å². The van der Waals surface area contributed by atoms with Crippen LogP contribution in [0.5, 0.6) is 0 Å². The summed E-state index contributed by atoms with van der Waals surface area (Å²) in [5.74, 6) is -1.70. The zero-order valence-corrected chi connectivity index (χ0v) is 9.99. The van der Waals surface area contributed by atoms with Crippen LogP contribution in [0.3, 0.4) is 0 Å². The number of carbonyl (C=O) groups excluding carboxylic acids is 2. The van der Waals surface area contributed by atoms with Crippen LogP contribution in [-0.2, 0) is 11.0 Å². The molecule has 1 aromatic rings. The molecule has 0 atom stereocenters. The number of alkyl halides is 3. The largest absolute Gasteiger partial charge is 0.416 e. The molecule has 1 aromatic carbocycles. The lowest BCUT2D eigenvalue weighted by Gasteiger charge is -2.14. The van der Waals surface area contributed by atoms with Crippen LogP contribution >= 0.6 is 0 Å². The van der Waals surface area contributed by atoms with E-state index in [1.807, 2.05) is 0 Å². The molecule has 0 unspecified atom stereocenters. The normalized spacial score (nSPS) is 15.5. The van der Waals surface area contributed by atoms with Crippen LogP contribution < -0.4 is 4.90 Å². The molecule has 6 heteroatoms. The van der Waals surface area contributed by atoms with Gasteiger partial charge in [0.25, 0.3) is 11.7 Å². The Morgan fingerprint density at radius 3 is 2.53 bits per heavy atom. The summed E-state index contributed by atoms with van der Waals surface area (Å²) in [6, 6.07) is 2.75. The molecule has 0 saturated heterocycles. The molecule has 1 heterocycles. The van der Waals surface area contributed by atoms with Crippen molar-refractivity contribution in [1.29, 1.82) is 0 Å². The number of ketones is 1. The second-order valence-electron chi connectivity index (χ2n) is 4.04. The van der Waals surface area contributed by atoms with Crippen LogP contribution in [0.4, 0.5) is 18.9 Å². The van der Waals surface area contributed by atoms with Crippen molar-refractivity contribution < 1.29 is 22.8 Å². The van der Waals surface area contributed by atoms with Crippen molar-refractivity contribution in [2.24, 2.45) is 0 Å². The Labute approximate surface area is 107 Å². The standard InChI is InChI=1S/C13H10F3NO2/c1-2-3-6-17-10-5-4-8(13(14,15)16)7-9(10)11(18)12(17)19/h2-5,7H,6H2,1H3. The second-order valence-corrected chi connectivity index (χ2v) is 4.04. The number of fused-ring (bicyclic) bond motifs is 1. The molecule has 1 amide bonds. The first-order valence-electron chi connectivity index (χ1n) is 5.55. The van der Waals surface area contributed by atoms with E-state index in [-0.39, 0.29) is 17.8 Å². The quantitative estimate of drug-likeness (QED) is 0.611. The summed E-state index contributed by atoms with van der Waals surface area (Å²) in [5, 5.41) is 0. The van der Waals surface area contributed by atoms with E-state index in [0.29, 0.717) is 0 Å². The Kier molecular flexibility index (Phi) is 3.18. The summed E-state index contributed by atoms with van der Waals surface area (Å²) in [6.45, 7) is 1.91. The number of halogens is 3. The van der Waals surface area contributed by atoms with Crippen LogP contribution in [0.2, 0.25) is 0 Å². The van der Waals surface area contributed by atoms with E-state index < -0.39 is 23.4 Å². The number of Topliss-reactive ketones (excluding diaryl/α,β-unsaturated/α-hetero) is 1.